The van der Waals surface area contributed by atoms with Gasteiger partial charge in [-0.15, -0.1) is 0 Å². The number of epoxide rings is 1. The lowest BCUT2D eigenvalue weighted by Gasteiger charge is -2.44. The minimum Gasteiger partial charge on any atom is -0.497 e. The predicted octanol–water partition coefficient (Wildman–Crippen LogP) is 1.97. The molecule has 1 unspecified atom stereocenters. The van der Waals surface area contributed by atoms with Gasteiger partial charge < -0.3 is 14.4 Å². The topological polar surface area (TPSA) is 42.1 Å². The summed E-state index contributed by atoms with van der Waals surface area (Å²) >= 11 is 0. The zero-order valence-corrected chi connectivity index (χ0v) is 11.9. The maximum Gasteiger partial charge on any atom is 0.253 e. The number of rotatable bonds is 1. The molecule has 1 spiro atoms. The maximum absolute atomic E-state index is 12.4. The first-order valence-electron chi connectivity index (χ1n) is 7.22. The van der Waals surface area contributed by atoms with Gasteiger partial charge in [0.25, 0.3) is 5.91 Å². The van der Waals surface area contributed by atoms with Crippen molar-refractivity contribution in [3.05, 3.63) is 29.3 Å². The predicted molar refractivity (Wildman–Crippen MR) is 74.1 cm³/mol. The van der Waals surface area contributed by atoms with Crippen molar-refractivity contribution in [2.75, 3.05) is 20.7 Å². The number of hydrogen-bond donors (Lipinski definition) is 0. The van der Waals surface area contributed by atoms with Crippen LogP contribution in [-0.2, 0) is 10.2 Å². The quantitative estimate of drug-likeness (QED) is 0.735. The summed E-state index contributed by atoms with van der Waals surface area (Å²) in [7, 11) is 3.57. The molecule has 0 aromatic heterocycles. The van der Waals surface area contributed by atoms with E-state index in [9.17, 15) is 4.79 Å². The zero-order valence-electron chi connectivity index (χ0n) is 11.9. The minimum absolute atomic E-state index is 0.0458. The Labute approximate surface area is 118 Å². The zero-order chi connectivity index (χ0) is 13.9. The Hall–Kier alpha value is -1.55. The summed E-state index contributed by atoms with van der Waals surface area (Å²) in [5.41, 5.74) is 2.04. The van der Waals surface area contributed by atoms with E-state index in [1.807, 2.05) is 24.1 Å². The molecular formula is C16H19NO3. The van der Waals surface area contributed by atoms with Gasteiger partial charge in [-0.1, -0.05) is 0 Å². The first-order chi connectivity index (χ1) is 9.63. The molecule has 1 saturated heterocycles. The van der Waals surface area contributed by atoms with Gasteiger partial charge in [0.1, 0.15) is 5.75 Å². The van der Waals surface area contributed by atoms with Crippen LogP contribution in [0.15, 0.2) is 18.2 Å². The van der Waals surface area contributed by atoms with Crippen LogP contribution < -0.4 is 4.74 Å². The molecule has 1 saturated carbocycles. The summed E-state index contributed by atoms with van der Waals surface area (Å²) < 4.78 is 11.1. The van der Waals surface area contributed by atoms with Gasteiger partial charge in [0.05, 0.1) is 19.3 Å². The van der Waals surface area contributed by atoms with Crippen LogP contribution in [0.5, 0.6) is 5.75 Å². The summed E-state index contributed by atoms with van der Waals surface area (Å²) in [6.45, 7) is 0.790. The van der Waals surface area contributed by atoms with Gasteiger partial charge in [-0.2, -0.15) is 0 Å². The number of hydrogen-bond acceptors (Lipinski definition) is 3. The van der Waals surface area contributed by atoms with E-state index in [-0.39, 0.29) is 11.3 Å². The molecule has 0 radical (unpaired) electrons. The van der Waals surface area contributed by atoms with Crippen molar-refractivity contribution in [3.63, 3.8) is 0 Å². The minimum atomic E-state index is 0.0458. The average Bonchev–Trinajstić information content (AvgIpc) is 3.23. The molecular weight excluding hydrogens is 254 g/mol. The first-order valence-corrected chi connectivity index (χ1v) is 7.22. The molecule has 4 nitrogen and oxygen atoms in total. The molecule has 2 fully saturated rings. The van der Waals surface area contributed by atoms with Crippen molar-refractivity contribution >= 4 is 5.91 Å². The van der Waals surface area contributed by atoms with Gasteiger partial charge >= 0.3 is 0 Å². The van der Waals surface area contributed by atoms with E-state index >= 15 is 0 Å². The maximum atomic E-state index is 12.4. The van der Waals surface area contributed by atoms with Crippen LogP contribution in [0.2, 0.25) is 0 Å². The molecule has 20 heavy (non-hydrogen) atoms. The van der Waals surface area contributed by atoms with Gasteiger partial charge in [-0.25, -0.2) is 0 Å². The SMILES string of the molecule is COc1ccc2c(c1)C1(CC[C@H]3O[C@H]3C1)CN(C)C2=O. The Bertz CT molecular complexity index is 585. The lowest BCUT2D eigenvalue weighted by Crippen LogP contribution is -2.49. The Kier molecular flexibility index (Phi) is 2.43. The molecule has 0 bridgehead atoms. The van der Waals surface area contributed by atoms with Crippen molar-refractivity contribution in [1.29, 1.82) is 0 Å². The van der Waals surface area contributed by atoms with E-state index in [1.165, 1.54) is 0 Å². The highest BCUT2D eigenvalue weighted by atomic mass is 16.6. The van der Waals surface area contributed by atoms with Crippen LogP contribution in [0, 0.1) is 0 Å². The second kappa shape index (κ2) is 3.98. The Morgan fingerprint density at radius 3 is 3.00 bits per heavy atom. The van der Waals surface area contributed by atoms with Crippen LogP contribution in [0.4, 0.5) is 0 Å². The highest BCUT2D eigenvalue weighted by Gasteiger charge is 2.54. The number of ether oxygens (including phenoxy) is 2. The number of fused-ring (bicyclic) bond motifs is 3. The van der Waals surface area contributed by atoms with Crippen LogP contribution in [-0.4, -0.2) is 43.7 Å². The van der Waals surface area contributed by atoms with E-state index in [0.29, 0.717) is 12.2 Å². The third-order valence-corrected chi connectivity index (χ3v) is 5.10. The average molecular weight is 273 g/mol. The number of likely N-dealkylation sites (N-methyl/N-ethyl adjacent to an activating group) is 1. The van der Waals surface area contributed by atoms with E-state index in [2.05, 4.69) is 6.07 Å². The number of methoxy groups -OCH3 is 1. The number of carbonyl (C=O) groups is 1. The highest BCUT2D eigenvalue weighted by molar-refractivity contribution is 5.97. The van der Waals surface area contributed by atoms with Gasteiger partial charge in [0, 0.05) is 24.6 Å². The molecule has 3 aliphatic rings. The van der Waals surface area contributed by atoms with Crippen molar-refractivity contribution in [2.24, 2.45) is 0 Å². The lowest BCUT2D eigenvalue weighted by atomic mass is 9.66. The Balaban J connectivity index is 1.84. The van der Waals surface area contributed by atoms with Crippen molar-refractivity contribution in [2.45, 2.75) is 36.9 Å². The molecule has 2 heterocycles. The second-order valence-corrected chi connectivity index (χ2v) is 6.31. The molecule has 0 N–H and O–H groups in total. The van der Waals surface area contributed by atoms with Crippen LogP contribution >= 0.6 is 0 Å². The van der Waals surface area contributed by atoms with Gasteiger partial charge in [0.2, 0.25) is 0 Å². The number of amides is 1. The monoisotopic (exact) mass is 273 g/mol. The fourth-order valence-corrected chi connectivity index (χ4v) is 4.00. The fourth-order valence-electron chi connectivity index (χ4n) is 4.00. The van der Waals surface area contributed by atoms with Gasteiger partial charge in [0.15, 0.2) is 0 Å². The third-order valence-electron chi connectivity index (χ3n) is 5.10. The molecule has 4 rings (SSSR count). The summed E-state index contributed by atoms with van der Waals surface area (Å²) in [6.07, 6.45) is 4.08. The fraction of sp³-hybridized carbons (Fsp3) is 0.562. The van der Waals surface area contributed by atoms with Gasteiger partial charge in [-0.05, 0) is 43.0 Å². The van der Waals surface area contributed by atoms with Crippen molar-refractivity contribution in [1.82, 2.24) is 4.90 Å². The molecule has 1 aromatic carbocycles. The molecule has 3 atom stereocenters. The number of nitrogens with zero attached hydrogens (tertiary/aromatic N) is 1. The van der Waals surface area contributed by atoms with E-state index < -0.39 is 0 Å². The third kappa shape index (κ3) is 1.61. The molecule has 1 aliphatic carbocycles. The largest absolute Gasteiger partial charge is 0.497 e. The smallest absolute Gasteiger partial charge is 0.253 e. The highest BCUT2D eigenvalue weighted by Crippen LogP contribution is 2.51. The van der Waals surface area contributed by atoms with E-state index in [4.69, 9.17) is 9.47 Å². The Morgan fingerprint density at radius 2 is 2.25 bits per heavy atom. The molecule has 106 valence electrons. The van der Waals surface area contributed by atoms with Crippen LogP contribution in [0.1, 0.15) is 35.2 Å². The molecule has 4 heteroatoms. The summed E-state index contributed by atoms with van der Waals surface area (Å²) in [5, 5.41) is 0. The van der Waals surface area contributed by atoms with Crippen LogP contribution in [0.3, 0.4) is 0 Å². The Morgan fingerprint density at radius 1 is 1.40 bits per heavy atom. The molecule has 1 amide bonds. The molecule has 2 aliphatic heterocycles. The van der Waals surface area contributed by atoms with Gasteiger partial charge in [-0.3, -0.25) is 4.79 Å². The van der Waals surface area contributed by atoms with Crippen molar-refractivity contribution < 1.29 is 14.3 Å². The second-order valence-electron chi connectivity index (χ2n) is 6.31. The number of benzene rings is 1. The molecule has 1 aromatic rings. The first kappa shape index (κ1) is 12.2. The summed E-state index contributed by atoms with van der Waals surface area (Å²) in [6, 6.07) is 5.85. The van der Waals surface area contributed by atoms with E-state index in [0.717, 1.165) is 42.7 Å². The summed E-state index contributed by atoms with van der Waals surface area (Å²) in [5.74, 6) is 0.950. The lowest BCUT2D eigenvalue weighted by molar-refractivity contribution is 0.0698. The standard InChI is InChI=1S/C16H19NO3/c1-17-9-16(6-5-13-14(8-16)20-13)12-7-10(19-2)3-4-11(12)15(17)18/h3-4,7,13-14H,5-6,8-9H2,1-2H3/t13-,14+,16?/m1/s1. The van der Waals surface area contributed by atoms with Crippen LogP contribution in [0.25, 0.3) is 0 Å². The van der Waals surface area contributed by atoms with E-state index in [1.54, 1.807) is 7.11 Å². The van der Waals surface area contributed by atoms with Crippen molar-refractivity contribution in [3.8, 4) is 5.75 Å². The normalized spacial score (nSPS) is 34.7. The number of carbonyl (C=O) groups excluding carboxylic acids is 1. The summed E-state index contributed by atoms with van der Waals surface area (Å²) in [4.78, 5) is 14.2.